The molecule has 0 fully saturated rings. The number of aryl methyl sites for hydroxylation is 1. The minimum Gasteiger partial charge on any atom is -0.321 e. The van der Waals surface area contributed by atoms with Crippen LogP contribution in [0, 0.1) is 6.92 Å². The number of thiazole rings is 1. The van der Waals surface area contributed by atoms with E-state index in [1.165, 1.54) is 0 Å². The number of carbonyl (C=O) groups excluding carboxylic acids is 2. The number of benzene rings is 2. The van der Waals surface area contributed by atoms with Crippen molar-refractivity contribution in [3.63, 3.8) is 0 Å². The first kappa shape index (κ1) is 19.8. The first-order valence-electron chi connectivity index (χ1n) is 9.00. The summed E-state index contributed by atoms with van der Waals surface area (Å²) in [6.45, 7) is 8.14. The molecule has 0 aliphatic carbocycles. The Morgan fingerprint density at radius 3 is 2.14 bits per heavy atom. The van der Waals surface area contributed by atoms with E-state index < -0.39 is 0 Å². The molecule has 0 saturated carbocycles. The molecule has 5 nitrogen and oxygen atoms in total. The normalized spacial score (nSPS) is 11.1. The van der Waals surface area contributed by atoms with Gasteiger partial charge >= 0.3 is 0 Å². The number of para-hydroxylation sites is 1. The molecule has 0 bridgehead atoms. The van der Waals surface area contributed by atoms with Crippen LogP contribution >= 0.6 is 11.3 Å². The summed E-state index contributed by atoms with van der Waals surface area (Å²) in [5.41, 5.74) is 3.04. The molecule has 0 radical (unpaired) electrons. The molecule has 1 aromatic heterocycles. The lowest BCUT2D eigenvalue weighted by atomic mass is 9.87. The Balaban J connectivity index is 1.70. The summed E-state index contributed by atoms with van der Waals surface area (Å²) >= 11 is 1.16. The third-order valence-corrected chi connectivity index (χ3v) is 5.34. The van der Waals surface area contributed by atoms with Gasteiger partial charge in [0.25, 0.3) is 11.8 Å². The van der Waals surface area contributed by atoms with E-state index in [0.717, 1.165) is 16.9 Å². The van der Waals surface area contributed by atoms with Crippen LogP contribution in [-0.2, 0) is 5.41 Å². The summed E-state index contributed by atoms with van der Waals surface area (Å²) in [5.74, 6) is -0.486. The zero-order valence-corrected chi connectivity index (χ0v) is 17.2. The van der Waals surface area contributed by atoms with Gasteiger partial charge in [-0.3, -0.25) is 14.9 Å². The average Bonchev–Trinajstić information content (AvgIpc) is 3.02. The second-order valence-electron chi connectivity index (χ2n) is 7.54. The fourth-order valence-corrected chi connectivity index (χ4v) is 3.52. The van der Waals surface area contributed by atoms with Gasteiger partial charge in [-0.2, -0.15) is 0 Å². The number of nitrogens with one attached hydrogen (secondary N) is 2. The van der Waals surface area contributed by atoms with Gasteiger partial charge < -0.3 is 5.32 Å². The van der Waals surface area contributed by atoms with E-state index in [0.29, 0.717) is 27.0 Å². The molecule has 144 valence electrons. The molecule has 2 N–H and O–H groups in total. The SMILES string of the molecule is Cc1nc(NC(=O)c2ccc(C(C)(C)C)cc2)sc1C(=O)Nc1ccccc1. The lowest BCUT2D eigenvalue weighted by Gasteiger charge is -2.18. The summed E-state index contributed by atoms with van der Waals surface area (Å²) in [4.78, 5) is 29.8. The molecule has 2 amide bonds. The van der Waals surface area contributed by atoms with E-state index in [1.807, 2.05) is 42.5 Å². The van der Waals surface area contributed by atoms with Gasteiger partial charge in [0.1, 0.15) is 4.88 Å². The Labute approximate surface area is 168 Å². The quantitative estimate of drug-likeness (QED) is 0.636. The maximum absolute atomic E-state index is 12.5. The van der Waals surface area contributed by atoms with E-state index in [-0.39, 0.29) is 17.2 Å². The van der Waals surface area contributed by atoms with Crippen molar-refractivity contribution in [2.45, 2.75) is 33.1 Å². The number of hydrogen-bond acceptors (Lipinski definition) is 4. The summed E-state index contributed by atoms with van der Waals surface area (Å²) in [6.07, 6.45) is 0. The number of anilines is 2. The van der Waals surface area contributed by atoms with E-state index >= 15 is 0 Å². The van der Waals surface area contributed by atoms with Crippen LogP contribution < -0.4 is 10.6 Å². The first-order chi connectivity index (χ1) is 13.2. The summed E-state index contributed by atoms with van der Waals surface area (Å²) in [6, 6.07) is 16.8. The second kappa shape index (κ2) is 7.94. The minimum absolute atomic E-state index is 0.0302. The van der Waals surface area contributed by atoms with Gasteiger partial charge in [0.2, 0.25) is 0 Å². The Morgan fingerprint density at radius 1 is 0.893 bits per heavy atom. The van der Waals surface area contributed by atoms with Gasteiger partial charge in [-0.15, -0.1) is 0 Å². The molecular weight excluding hydrogens is 370 g/mol. The van der Waals surface area contributed by atoms with Crippen LogP contribution in [0.15, 0.2) is 54.6 Å². The van der Waals surface area contributed by atoms with Gasteiger partial charge in [0.05, 0.1) is 5.69 Å². The highest BCUT2D eigenvalue weighted by molar-refractivity contribution is 7.17. The van der Waals surface area contributed by atoms with Crippen molar-refractivity contribution in [3.05, 3.63) is 76.3 Å². The van der Waals surface area contributed by atoms with Crippen LogP contribution in [0.5, 0.6) is 0 Å². The molecule has 1 heterocycles. The Bertz CT molecular complexity index is 987. The van der Waals surface area contributed by atoms with Crippen molar-refractivity contribution in [2.24, 2.45) is 0 Å². The summed E-state index contributed by atoms with van der Waals surface area (Å²) < 4.78 is 0. The largest absolute Gasteiger partial charge is 0.321 e. The highest BCUT2D eigenvalue weighted by Gasteiger charge is 2.18. The van der Waals surface area contributed by atoms with Gasteiger partial charge in [-0.05, 0) is 42.2 Å². The summed E-state index contributed by atoms with van der Waals surface area (Å²) in [7, 11) is 0. The number of hydrogen-bond donors (Lipinski definition) is 2. The molecule has 0 aliphatic heterocycles. The Kier molecular flexibility index (Phi) is 5.61. The van der Waals surface area contributed by atoms with Crippen LogP contribution in [0.4, 0.5) is 10.8 Å². The van der Waals surface area contributed by atoms with Crippen LogP contribution in [0.3, 0.4) is 0 Å². The van der Waals surface area contributed by atoms with Gasteiger partial charge in [-0.1, -0.05) is 62.4 Å². The number of amides is 2. The smallest absolute Gasteiger partial charge is 0.267 e. The predicted molar refractivity (Wildman–Crippen MR) is 114 cm³/mol. The number of nitrogens with zero attached hydrogens (tertiary/aromatic N) is 1. The van der Waals surface area contributed by atoms with Crippen LogP contribution in [-0.4, -0.2) is 16.8 Å². The highest BCUT2D eigenvalue weighted by Crippen LogP contribution is 2.25. The third kappa shape index (κ3) is 4.64. The monoisotopic (exact) mass is 393 g/mol. The molecule has 0 atom stereocenters. The topological polar surface area (TPSA) is 71.1 Å². The van der Waals surface area contributed by atoms with Crippen molar-refractivity contribution in [3.8, 4) is 0 Å². The van der Waals surface area contributed by atoms with Gasteiger partial charge in [0, 0.05) is 11.3 Å². The first-order valence-corrected chi connectivity index (χ1v) is 9.81. The van der Waals surface area contributed by atoms with Crippen molar-refractivity contribution >= 4 is 34.0 Å². The number of carbonyl (C=O) groups is 2. The molecule has 0 unspecified atom stereocenters. The molecule has 3 rings (SSSR count). The molecule has 0 spiro atoms. The summed E-state index contributed by atoms with van der Waals surface area (Å²) in [5, 5.41) is 6.02. The van der Waals surface area contributed by atoms with Crippen LogP contribution in [0.1, 0.15) is 52.1 Å². The molecule has 0 saturated heterocycles. The second-order valence-corrected chi connectivity index (χ2v) is 8.53. The molecule has 3 aromatic rings. The highest BCUT2D eigenvalue weighted by atomic mass is 32.1. The predicted octanol–water partition coefficient (Wildman–Crippen LogP) is 5.25. The fourth-order valence-electron chi connectivity index (χ4n) is 2.66. The lowest BCUT2D eigenvalue weighted by Crippen LogP contribution is -2.14. The average molecular weight is 394 g/mol. The molecule has 28 heavy (non-hydrogen) atoms. The van der Waals surface area contributed by atoms with E-state index in [9.17, 15) is 9.59 Å². The molecule has 2 aromatic carbocycles. The number of rotatable bonds is 4. The van der Waals surface area contributed by atoms with Crippen LogP contribution in [0.25, 0.3) is 0 Å². The fraction of sp³-hybridized carbons (Fsp3) is 0.227. The zero-order valence-electron chi connectivity index (χ0n) is 16.4. The third-order valence-electron chi connectivity index (χ3n) is 4.27. The van der Waals surface area contributed by atoms with Gasteiger partial charge in [0.15, 0.2) is 5.13 Å². The lowest BCUT2D eigenvalue weighted by molar-refractivity contribution is 0.102. The van der Waals surface area contributed by atoms with Gasteiger partial charge in [-0.25, -0.2) is 4.98 Å². The van der Waals surface area contributed by atoms with Crippen molar-refractivity contribution < 1.29 is 9.59 Å². The van der Waals surface area contributed by atoms with Crippen molar-refractivity contribution in [2.75, 3.05) is 10.6 Å². The van der Waals surface area contributed by atoms with Crippen LogP contribution in [0.2, 0.25) is 0 Å². The van der Waals surface area contributed by atoms with E-state index in [2.05, 4.69) is 36.4 Å². The molecule has 0 aliphatic rings. The van der Waals surface area contributed by atoms with E-state index in [4.69, 9.17) is 0 Å². The van der Waals surface area contributed by atoms with Crippen molar-refractivity contribution in [1.82, 2.24) is 4.98 Å². The van der Waals surface area contributed by atoms with Crippen molar-refractivity contribution in [1.29, 1.82) is 0 Å². The Morgan fingerprint density at radius 2 is 1.54 bits per heavy atom. The Hall–Kier alpha value is -2.99. The zero-order chi connectivity index (χ0) is 20.3. The maximum atomic E-state index is 12.5. The molecular formula is C22H23N3O2S. The van der Waals surface area contributed by atoms with E-state index in [1.54, 1.807) is 19.1 Å². The minimum atomic E-state index is -0.246. The maximum Gasteiger partial charge on any atom is 0.267 e. The number of aromatic nitrogens is 1. The molecule has 6 heteroatoms. The standard InChI is InChI=1S/C22H23N3O2S/c1-14-18(20(27)24-17-8-6-5-7-9-17)28-21(23-14)25-19(26)15-10-12-16(13-11-15)22(2,3)4/h5-13H,1-4H3,(H,24,27)(H,23,25,26).